The number of nitrogens with two attached hydrogens (primary N) is 1. The summed E-state index contributed by atoms with van der Waals surface area (Å²) in [6.45, 7) is 1.20. The van der Waals surface area contributed by atoms with E-state index in [1.807, 2.05) is 0 Å². The van der Waals surface area contributed by atoms with Gasteiger partial charge in [0.15, 0.2) is 0 Å². The standard InChI is InChI=1S/C7H7F3N2O2S/c1-3-2-4(15(11,13)14)7(10)12-5(3)6(8)9/h2,6H,1H3,(H2,11,13,14). The van der Waals surface area contributed by atoms with Crippen LogP contribution in [0, 0.1) is 12.9 Å². The molecule has 4 nitrogen and oxygen atoms in total. The molecule has 0 aromatic carbocycles. The van der Waals surface area contributed by atoms with Crippen LogP contribution in [0.1, 0.15) is 17.7 Å². The summed E-state index contributed by atoms with van der Waals surface area (Å²) in [5.41, 5.74) is -0.921. The van der Waals surface area contributed by atoms with Gasteiger partial charge in [0.2, 0.25) is 16.0 Å². The SMILES string of the molecule is Cc1cc(S(N)(=O)=O)c(F)nc1C(F)F. The quantitative estimate of drug-likeness (QED) is 0.787. The Labute approximate surface area is 84.0 Å². The summed E-state index contributed by atoms with van der Waals surface area (Å²) in [4.78, 5) is 1.98. The summed E-state index contributed by atoms with van der Waals surface area (Å²) in [5.74, 6) is -1.52. The first kappa shape index (κ1) is 11.9. The van der Waals surface area contributed by atoms with Crippen LogP contribution in [0.4, 0.5) is 13.2 Å². The van der Waals surface area contributed by atoms with E-state index >= 15 is 0 Å². The van der Waals surface area contributed by atoms with Crippen LogP contribution in [-0.4, -0.2) is 13.4 Å². The van der Waals surface area contributed by atoms with Crippen LogP contribution in [0.25, 0.3) is 0 Å². The highest BCUT2D eigenvalue weighted by molar-refractivity contribution is 7.89. The minimum Gasteiger partial charge on any atom is -0.224 e. The van der Waals surface area contributed by atoms with Crippen molar-refractivity contribution in [2.24, 2.45) is 5.14 Å². The molecule has 8 heteroatoms. The second-order valence-electron chi connectivity index (χ2n) is 2.83. The van der Waals surface area contributed by atoms with Crippen LogP contribution >= 0.6 is 0 Å². The van der Waals surface area contributed by atoms with Gasteiger partial charge in [0, 0.05) is 0 Å². The fourth-order valence-electron chi connectivity index (χ4n) is 1.000. The van der Waals surface area contributed by atoms with Gasteiger partial charge in [-0.3, -0.25) is 0 Å². The normalized spacial score (nSPS) is 12.1. The maximum absolute atomic E-state index is 13.0. The van der Waals surface area contributed by atoms with Gasteiger partial charge in [-0.25, -0.2) is 27.3 Å². The molecule has 2 N–H and O–H groups in total. The molecule has 0 aliphatic rings. The fraction of sp³-hybridized carbons (Fsp3) is 0.286. The molecule has 15 heavy (non-hydrogen) atoms. The molecule has 1 rings (SSSR count). The number of hydrogen-bond acceptors (Lipinski definition) is 3. The van der Waals surface area contributed by atoms with Crippen molar-refractivity contribution >= 4 is 10.0 Å². The molecular weight excluding hydrogens is 233 g/mol. The first-order valence-corrected chi connectivity index (χ1v) is 5.26. The summed E-state index contributed by atoms with van der Waals surface area (Å²) in [6, 6.07) is 0.735. The van der Waals surface area contributed by atoms with Crippen molar-refractivity contribution in [3.63, 3.8) is 0 Å². The molecule has 0 radical (unpaired) electrons. The first-order chi connectivity index (χ1) is 6.73. The minimum absolute atomic E-state index is 0.129. The van der Waals surface area contributed by atoms with Gasteiger partial charge in [-0.2, -0.15) is 4.39 Å². The van der Waals surface area contributed by atoms with E-state index in [4.69, 9.17) is 0 Å². The molecule has 1 heterocycles. The molecule has 0 saturated heterocycles. The van der Waals surface area contributed by atoms with E-state index in [1.54, 1.807) is 0 Å². The Kier molecular flexibility index (Phi) is 3.00. The lowest BCUT2D eigenvalue weighted by molar-refractivity contribution is 0.143. The first-order valence-electron chi connectivity index (χ1n) is 3.71. The van der Waals surface area contributed by atoms with Crippen molar-refractivity contribution in [3.05, 3.63) is 23.3 Å². The Hall–Kier alpha value is -1.15. The second kappa shape index (κ2) is 3.78. The van der Waals surface area contributed by atoms with Gasteiger partial charge >= 0.3 is 0 Å². The Morgan fingerprint density at radius 1 is 1.47 bits per heavy atom. The number of alkyl halides is 2. The van der Waals surface area contributed by atoms with Crippen molar-refractivity contribution < 1.29 is 21.6 Å². The van der Waals surface area contributed by atoms with Crippen molar-refractivity contribution in [2.75, 3.05) is 0 Å². The molecule has 1 aromatic rings. The maximum atomic E-state index is 13.0. The second-order valence-corrected chi connectivity index (χ2v) is 4.36. The summed E-state index contributed by atoms with van der Waals surface area (Å²) >= 11 is 0. The van der Waals surface area contributed by atoms with Crippen molar-refractivity contribution in [3.8, 4) is 0 Å². The molecule has 0 aliphatic heterocycles. The fourth-order valence-corrected chi connectivity index (χ4v) is 1.62. The number of nitrogens with zero attached hydrogens (tertiary/aromatic N) is 1. The molecule has 84 valence electrons. The predicted molar refractivity (Wildman–Crippen MR) is 45.3 cm³/mol. The van der Waals surface area contributed by atoms with Gasteiger partial charge in [0.1, 0.15) is 10.6 Å². The van der Waals surface area contributed by atoms with Gasteiger partial charge in [0.25, 0.3) is 6.43 Å². The van der Waals surface area contributed by atoms with E-state index in [1.165, 1.54) is 6.92 Å². The van der Waals surface area contributed by atoms with Crippen molar-refractivity contribution in [1.29, 1.82) is 0 Å². The van der Waals surface area contributed by atoms with Gasteiger partial charge in [-0.15, -0.1) is 0 Å². The van der Waals surface area contributed by atoms with Gasteiger partial charge in [-0.1, -0.05) is 0 Å². The largest absolute Gasteiger partial charge is 0.280 e. The molecule has 0 fully saturated rings. The van der Waals surface area contributed by atoms with Crippen LogP contribution in [-0.2, 0) is 10.0 Å². The molecule has 0 spiro atoms. The van der Waals surface area contributed by atoms with E-state index < -0.39 is 33.0 Å². The number of sulfonamides is 1. The number of aryl methyl sites for hydroxylation is 1. The molecule has 0 amide bonds. The van der Waals surface area contributed by atoms with E-state index in [9.17, 15) is 21.6 Å². The van der Waals surface area contributed by atoms with E-state index in [2.05, 4.69) is 10.1 Å². The van der Waals surface area contributed by atoms with Crippen molar-refractivity contribution in [2.45, 2.75) is 18.2 Å². The van der Waals surface area contributed by atoms with E-state index in [0.29, 0.717) is 0 Å². The van der Waals surface area contributed by atoms with Crippen LogP contribution in [0.15, 0.2) is 11.0 Å². The Balaban J connectivity index is 3.46. The van der Waals surface area contributed by atoms with Gasteiger partial charge < -0.3 is 0 Å². The topological polar surface area (TPSA) is 73.1 Å². The highest BCUT2D eigenvalue weighted by Crippen LogP contribution is 2.23. The van der Waals surface area contributed by atoms with E-state index in [0.717, 1.165) is 6.07 Å². The Bertz CT molecular complexity index is 487. The minimum atomic E-state index is -4.28. The number of aromatic nitrogens is 1. The van der Waals surface area contributed by atoms with Crippen LogP contribution < -0.4 is 5.14 Å². The summed E-state index contributed by atoms with van der Waals surface area (Å²) in [6.07, 6.45) is -2.96. The maximum Gasteiger partial charge on any atom is 0.280 e. The number of rotatable bonds is 2. The summed E-state index contributed by atoms with van der Waals surface area (Å²) in [7, 11) is -4.28. The van der Waals surface area contributed by atoms with Crippen LogP contribution in [0.5, 0.6) is 0 Å². The zero-order chi connectivity index (χ0) is 11.8. The molecule has 1 aromatic heterocycles. The lowest BCUT2D eigenvalue weighted by Crippen LogP contribution is -2.16. The average Bonchev–Trinajstić information content (AvgIpc) is 2.06. The number of hydrogen-bond donors (Lipinski definition) is 1. The van der Waals surface area contributed by atoms with Crippen LogP contribution in [0.2, 0.25) is 0 Å². The number of primary sulfonamides is 1. The molecule has 0 atom stereocenters. The summed E-state index contributed by atoms with van der Waals surface area (Å²) < 4.78 is 59.0. The van der Waals surface area contributed by atoms with Crippen molar-refractivity contribution in [1.82, 2.24) is 4.98 Å². The predicted octanol–water partition coefficient (Wildman–Crippen LogP) is 1.11. The molecular formula is C7H7F3N2O2S. The number of halogens is 3. The Morgan fingerprint density at radius 3 is 2.40 bits per heavy atom. The third-order valence-corrected chi connectivity index (χ3v) is 2.59. The molecule has 0 bridgehead atoms. The highest BCUT2D eigenvalue weighted by Gasteiger charge is 2.21. The zero-order valence-electron chi connectivity index (χ0n) is 7.54. The third kappa shape index (κ3) is 2.45. The zero-order valence-corrected chi connectivity index (χ0v) is 8.35. The monoisotopic (exact) mass is 240 g/mol. The van der Waals surface area contributed by atoms with E-state index in [-0.39, 0.29) is 5.56 Å². The van der Waals surface area contributed by atoms with Gasteiger partial charge in [0.05, 0.1) is 0 Å². The smallest absolute Gasteiger partial charge is 0.224 e. The molecule has 0 aliphatic carbocycles. The molecule has 0 unspecified atom stereocenters. The van der Waals surface area contributed by atoms with Gasteiger partial charge in [-0.05, 0) is 18.6 Å². The Morgan fingerprint density at radius 2 is 2.00 bits per heavy atom. The summed E-state index contributed by atoms with van der Waals surface area (Å²) in [5, 5.41) is 4.66. The number of pyridine rings is 1. The lowest BCUT2D eigenvalue weighted by atomic mass is 10.2. The average molecular weight is 240 g/mol. The third-order valence-electron chi connectivity index (χ3n) is 1.69. The van der Waals surface area contributed by atoms with Crippen LogP contribution in [0.3, 0.4) is 0 Å². The lowest BCUT2D eigenvalue weighted by Gasteiger charge is -2.06. The highest BCUT2D eigenvalue weighted by atomic mass is 32.2. The molecule has 0 saturated carbocycles.